The summed E-state index contributed by atoms with van der Waals surface area (Å²) in [5, 5.41) is 5.58. The van der Waals surface area contributed by atoms with Crippen LogP contribution in [0.15, 0.2) is 38.7 Å². The molecular formula is C20H21N5O3. The lowest BCUT2D eigenvalue weighted by Crippen LogP contribution is -2.31. The molecule has 0 fully saturated rings. The summed E-state index contributed by atoms with van der Waals surface area (Å²) in [5.74, 6) is 1.22. The van der Waals surface area contributed by atoms with Gasteiger partial charge in [0.15, 0.2) is 0 Å². The van der Waals surface area contributed by atoms with Crippen LogP contribution in [0.2, 0.25) is 0 Å². The zero-order valence-electron chi connectivity index (χ0n) is 15.9. The summed E-state index contributed by atoms with van der Waals surface area (Å²) in [5.41, 5.74) is 2.37. The molecule has 8 heteroatoms. The minimum atomic E-state index is -0.283. The third-order valence-electron chi connectivity index (χ3n) is 4.75. The fourth-order valence-electron chi connectivity index (χ4n) is 3.39. The molecule has 0 spiro atoms. The van der Waals surface area contributed by atoms with Crippen molar-refractivity contribution in [3.05, 3.63) is 41.2 Å². The van der Waals surface area contributed by atoms with Gasteiger partial charge in [-0.05, 0) is 37.6 Å². The lowest BCUT2D eigenvalue weighted by molar-refractivity contribution is -0.114. The molecule has 2 aliphatic heterocycles. The van der Waals surface area contributed by atoms with Crippen LogP contribution in [0.3, 0.4) is 0 Å². The molecular weight excluding hydrogens is 358 g/mol. The molecule has 2 aromatic rings. The molecule has 1 unspecified atom stereocenters. The first-order valence-corrected chi connectivity index (χ1v) is 9.17. The number of fused-ring (bicyclic) bond motifs is 3. The molecule has 2 aliphatic rings. The third-order valence-corrected chi connectivity index (χ3v) is 4.75. The van der Waals surface area contributed by atoms with Crippen LogP contribution in [0.25, 0.3) is 0 Å². The molecule has 0 aliphatic carbocycles. The van der Waals surface area contributed by atoms with E-state index < -0.39 is 0 Å². The number of amides is 2. The predicted octanol–water partition coefficient (Wildman–Crippen LogP) is 3.31. The van der Waals surface area contributed by atoms with Gasteiger partial charge in [0.25, 0.3) is 5.91 Å². The number of furan rings is 1. The van der Waals surface area contributed by atoms with Gasteiger partial charge in [-0.2, -0.15) is 0 Å². The van der Waals surface area contributed by atoms with Gasteiger partial charge in [0.1, 0.15) is 17.9 Å². The van der Waals surface area contributed by atoms with Gasteiger partial charge in [-0.25, -0.2) is 4.99 Å². The second-order valence-electron chi connectivity index (χ2n) is 6.84. The molecule has 2 amide bonds. The Balaban J connectivity index is 1.62. The van der Waals surface area contributed by atoms with Crippen molar-refractivity contribution in [2.45, 2.75) is 33.2 Å². The summed E-state index contributed by atoms with van der Waals surface area (Å²) in [6.07, 6.45) is 2.63. The fraction of sp³-hybridized carbons (Fsp3) is 0.300. The Bertz CT molecular complexity index is 1000. The lowest BCUT2D eigenvalue weighted by atomic mass is 10.1. The Morgan fingerprint density at radius 2 is 1.89 bits per heavy atom. The molecule has 144 valence electrons. The number of benzene rings is 1. The van der Waals surface area contributed by atoms with Crippen molar-refractivity contribution < 1.29 is 14.0 Å². The zero-order valence-corrected chi connectivity index (χ0v) is 15.9. The van der Waals surface area contributed by atoms with Crippen LogP contribution < -0.4 is 10.6 Å². The van der Waals surface area contributed by atoms with E-state index in [1.165, 1.54) is 6.92 Å². The molecule has 1 aromatic carbocycles. The van der Waals surface area contributed by atoms with Crippen molar-refractivity contribution in [2.24, 2.45) is 9.98 Å². The van der Waals surface area contributed by atoms with E-state index in [9.17, 15) is 9.59 Å². The van der Waals surface area contributed by atoms with Crippen LogP contribution in [0.1, 0.15) is 41.9 Å². The maximum Gasteiger partial charge on any atom is 0.260 e. The monoisotopic (exact) mass is 379 g/mol. The SMILES string of the molecule is CCC1CN2C=Nc3oc(C)c(C(=O)Nc4ccc(NC(C)=O)cc4)c3C2=N1. The van der Waals surface area contributed by atoms with Crippen LogP contribution in [0.4, 0.5) is 17.3 Å². The average Bonchev–Trinajstić information content (AvgIpc) is 3.22. The number of anilines is 2. The first-order valence-electron chi connectivity index (χ1n) is 9.17. The minimum absolute atomic E-state index is 0.148. The number of hydrogen-bond donors (Lipinski definition) is 2. The molecule has 28 heavy (non-hydrogen) atoms. The van der Waals surface area contributed by atoms with Crippen LogP contribution in [-0.4, -0.2) is 41.5 Å². The van der Waals surface area contributed by atoms with Crippen LogP contribution in [0.5, 0.6) is 0 Å². The minimum Gasteiger partial charge on any atom is -0.442 e. The zero-order chi connectivity index (χ0) is 19.8. The third kappa shape index (κ3) is 3.17. The first kappa shape index (κ1) is 18.0. The van der Waals surface area contributed by atoms with E-state index in [4.69, 9.17) is 9.41 Å². The average molecular weight is 379 g/mol. The summed E-state index contributed by atoms with van der Waals surface area (Å²) in [6, 6.07) is 7.10. The van der Waals surface area contributed by atoms with Crippen molar-refractivity contribution in [1.82, 2.24) is 4.90 Å². The van der Waals surface area contributed by atoms with Gasteiger partial charge >= 0.3 is 0 Å². The van der Waals surface area contributed by atoms with E-state index >= 15 is 0 Å². The molecule has 1 atom stereocenters. The number of carbonyl (C=O) groups is 2. The highest BCUT2D eigenvalue weighted by Crippen LogP contribution is 2.35. The van der Waals surface area contributed by atoms with Crippen molar-refractivity contribution in [1.29, 1.82) is 0 Å². The summed E-state index contributed by atoms with van der Waals surface area (Å²) in [4.78, 5) is 35.2. The number of rotatable bonds is 4. The van der Waals surface area contributed by atoms with Crippen molar-refractivity contribution in [3.63, 3.8) is 0 Å². The van der Waals surface area contributed by atoms with E-state index in [1.54, 1.807) is 37.5 Å². The second-order valence-corrected chi connectivity index (χ2v) is 6.84. The summed E-state index contributed by atoms with van der Waals surface area (Å²) >= 11 is 0. The molecule has 0 saturated carbocycles. The smallest absolute Gasteiger partial charge is 0.260 e. The van der Waals surface area contributed by atoms with Crippen molar-refractivity contribution in [2.75, 3.05) is 17.2 Å². The summed E-state index contributed by atoms with van der Waals surface area (Å²) in [6.45, 7) is 6.04. The highest BCUT2D eigenvalue weighted by atomic mass is 16.4. The van der Waals surface area contributed by atoms with Crippen LogP contribution in [-0.2, 0) is 4.79 Å². The lowest BCUT2D eigenvalue weighted by Gasteiger charge is -2.18. The van der Waals surface area contributed by atoms with Gasteiger partial charge in [-0.1, -0.05) is 6.92 Å². The number of hydrogen-bond acceptors (Lipinski definition) is 6. The maximum absolute atomic E-state index is 13.0. The van der Waals surface area contributed by atoms with E-state index in [2.05, 4.69) is 22.5 Å². The number of carbonyl (C=O) groups excluding carboxylic acids is 2. The Kier molecular flexibility index (Phi) is 4.46. The predicted molar refractivity (Wildman–Crippen MR) is 108 cm³/mol. The first-order chi connectivity index (χ1) is 13.5. The van der Waals surface area contributed by atoms with Crippen LogP contribution >= 0.6 is 0 Å². The number of amidine groups is 1. The van der Waals surface area contributed by atoms with E-state index in [1.807, 2.05) is 4.90 Å². The Labute approximate surface area is 162 Å². The van der Waals surface area contributed by atoms with Gasteiger partial charge < -0.3 is 20.0 Å². The van der Waals surface area contributed by atoms with Gasteiger partial charge in [0.2, 0.25) is 11.8 Å². The normalized spacial score (nSPS) is 17.0. The topological polar surface area (TPSA) is 99.3 Å². The molecule has 1 aromatic heterocycles. The van der Waals surface area contributed by atoms with Gasteiger partial charge in [-0.3, -0.25) is 14.6 Å². The maximum atomic E-state index is 13.0. The fourth-order valence-corrected chi connectivity index (χ4v) is 3.39. The molecule has 0 radical (unpaired) electrons. The molecule has 0 saturated heterocycles. The quantitative estimate of drug-likeness (QED) is 0.851. The number of aryl methyl sites for hydroxylation is 1. The van der Waals surface area contributed by atoms with E-state index in [0.717, 1.165) is 18.8 Å². The number of nitrogens with one attached hydrogen (secondary N) is 2. The Hall–Kier alpha value is -3.42. The molecule has 3 heterocycles. The summed E-state index contributed by atoms with van der Waals surface area (Å²) in [7, 11) is 0. The van der Waals surface area contributed by atoms with Crippen molar-refractivity contribution >= 4 is 41.2 Å². The van der Waals surface area contributed by atoms with Crippen LogP contribution in [0, 0.1) is 6.92 Å². The van der Waals surface area contributed by atoms with Gasteiger partial charge in [0.05, 0.1) is 17.2 Å². The van der Waals surface area contributed by atoms with Gasteiger partial charge in [-0.15, -0.1) is 0 Å². The molecule has 4 rings (SSSR count). The highest BCUT2D eigenvalue weighted by Gasteiger charge is 2.35. The van der Waals surface area contributed by atoms with E-state index in [0.29, 0.717) is 34.1 Å². The number of aliphatic imine (C=N–C) groups is 2. The van der Waals surface area contributed by atoms with Gasteiger partial charge in [0, 0.05) is 24.8 Å². The highest BCUT2D eigenvalue weighted by molar-refractivity contribution is 6.19. The molecule has 8 nitrogen and oxygen atoms in total. The van der Waals surface area contributed by atoms with E-state index in [-0.39, 0.29) is 17.9 Å². The Morgan fingerprint density at radius 3 is 2.54 bits per heavy atom. The second kappa shape index (κ2) is 6.95. The standard InChI is InChI=1S/C20H21N5O3/c1-4-13-9-25-10-21-20-17(18(25)23-13)16(11(2)28-20)19(27)24-15-7-5-14(6-8-15)22-12(3)26/h5-8,10,13H,4,9H2,1-3H3,(H,22,26)(H,24,27). The largest absolute Gasteiger partial charge is 0.442 e. The molecule has 2 N–H and O–H groups in total. The van der Waals surface area contributed by atoms with Crippen molar-refractivity contribution in [3.8, 4) is 0 Å². The summed E-state index contributed by atoms with van der Waals surface area (Å²) < 4.78 is 5.72. The Morgan fingerprint density at radius 1 is 1.21 bits per heavy atom. The molecule has 0 bridgehead atoms. The number of nitrogens with zero attached hydrogens (tertiary/aromatic N) is 3.